The smallest absolute Gasteiger partial charge is 0.338 e. The number of β-lactam (4-membered cyclic amide) rings is 1. The van der Waals surface area contributed by atoms with E-state index in [1.165, 1.54) is 41.3 Å². The summed E-state index contributed by atoms with van der Waals surface area (Å²) in [5, 5.41) is 2.82. The van der Waals surface area contributed by atoms with Gasteiger partial charge in [0.15, 0.2) is 5.54 Å². The van der Waals surface area contributed by atoms with Gasteiger partial charge in [0.1, 0.15) is 17.3 Å². The van der Waals surface area contributed by atoms with Crippen LogP contribution < -0.4 is 10.2 Å². The summed E-state index contributed by atoms with van der Waals surface area (Å²) in [7, 11) is 0. The van der Waals surface area contributed by atoms with Gasteiger partial charge in [0.25, 0.3) is 5.91 Å². The molecule has 1 atom stereocenters. The van der Waals surface area contributed by atoms with Crippen LogP contribution in [0.2, 0.25) is 0 Å². The van der Waals surface area contributed by atoms with E-state index in [0.29, 0.717) is 16.9 Å². The number of carbonyl (C=O) groups is 4. The van der Waals surface area contributed by atoms with Crippen molar-refractivity contribution in [2.24, 2.45) is 0 Å². The normalized spacial score (nSPS) is 16.0. The zero-order valence-electron chi connectivity index (χ0n) is 22.9. The number of nitrogens with one attached hydrogen (secondary N) is 1. The van der Waals surface area contributed by atoms with Gasteiger partial charge in [-0.05, 0) is 86.6 Å². The molecule has 1 saturated heterocycles. The number of carbonyl (C=O) groups excluding carboxylic acids is 4. The van der Waals surface area contributed by atoms with E-state index >= 15 is 0 Å². The van der Waals surface area contributed by atoms with Crippen LogP contribution in [0.3, 0.4) is 0 Å². The van der Waals surface area contributed by atoms with Gasteiger partial charge < -0.3 is 19.2 Å². The Hall–Kier alpha value is -5.25. The van der Waals surface area contributed by atoms with Gasteiger partial charge in [0, 0.05) is 11.4 Å². The lowest BCUT2D eigenvalue weighted by Crippen LogP contribution is -2.67. The van der Waals surface area contributed by atoms with Crippen molar-refractivity contribution in [3.8, 4) is 11.3 Å². The molecule has 0 aliphatic carbocycles. The molecule has 2 heterocycles. The standard InChI is InChI=1S/C32H27FN2O7/c1-3-40-29(37)20-9-13-22(14-10-20)34-31(39)32(27-18-17-26(42-27)24-7-5-6-8-25(24)33)19-28(36)35(32)23-15-11-21(12-16-23)30(38)41-4-2/h5-18H,3-4,19H2,1-2H3,(H,34,39). The highest BCUT2D eigenvalue weighted by Crippen LogP contribution is 2.47. The highest BCUT2D eigenvalue weighted by atomic mass is 19.1. The Morgan fingerprint density at radius 3 is 2.02 bits per heavy atom. The lowest BCUT2D eigenvalue weighted by atomic mass is 9.79. The Morgan fingerprint density at radius 2 is 1.45 bits per heavy atom. The number of halogens is 1. The van der Waals surface area contributed by atoms with Crippen molar-refractivity contribution in [3.05, 3.63) is 108 Å². The molecule has 1 aromatic heterocycles. The molecule has 0 saturated carbocycles. The van der Waals surface area contributed by atoms with Crippen molar-refractivity contribution < 1.29 is 37.5 Å². The molecular formula is C32H27FN2O7. The zero-order chi connectivity index (χ0) is 29.9. The fraction of sp³-hybridized carbons (Fsp3) is 0.188. The van der Waals surface area contributed by atoms with E-state index in [9.17, 15) is 23.6 Å². The van der Waals surface area contributed by atoms with Crippen molar-refractivity contribution in [2.45, 2.75) is 25.8 Å². The molecule has 10 heteroatoms. The van der Waals surface area contributed by atoms with E-state index in [1.807, 2.05) is 0 Å². The number of anilines is 2. The first-order valence-corrected chi connectivity index (χ1v) is 13.3. The monoisotopic (exact) mass is 570 g/mol. The lowest BCUT2D eigenvalue weighted by molar-refractivity contribution is -0.138. The first-order valence-electron chi connectivity index (χ1n) is 13.3. The average Bonchev–Trinajstić information content (AvgIpc) is 3.47. The van der Waals surface area contributed by atoms with Crippen LogP contribution in [0.25, 0.3) is 11.3 Å². The third-order valence-corrected chi connectivity index (χ3v) is 6.86. The van der Waals surface area contributed by atoms with Crippen molar-refractivity contribution in [3.63, 3.8) is 0 Å². The molecule has 214 valence electrons. The number of rotatable bonds is 9. The Morgan fingerprint density at radius 1 is 0.857 bits per heavy atom. The van der Waals surface area contributed by atoms with Crippen LogP contribution in [0.4, 0.5) is 15.8 Å². The summed E-state index contributed by atoms with van der Waals surface area (Å²) >= 11 is 0. The largest absolute Gasteiger partial charge is 0.462 e. The van der Waals surface area contributed by atoms with Crippen molar-refractivity contribution in [2.75, 3.05) is 23.4 Å². The highest BCUT2D eigenvalue weighted by molar-refractivity contribution is 6.16. The van der Waals surface area contributed by atoms with Gasteiger partial charge >= 0.3 is 11.9 Å². The first-order chi connectivity index (χ1) is 20.3. The maximum atomic E-state index is 14.5. The molecule has 1 aliphatic rings. The van der Waals surface area contributed by atoms with Gasteiger partial charge in [-0.2, -0.15) is 0 Å². The Labute approximate surface area is 240 Å². The van der Waals surface area contributed by atoms with Gasteiger partial charge in [-0.1, -0.05) is 12.1 Å². The van der Waals surface area contributed by atoms with Crippen LogP contribution in [0.1, 0.15) is 46.7 Å². The van der Waals surface area contributed by atoms with Gasteiger partial charge in [-0.15, -0.1) is 0 Å². The third-order valence-electron chi connectivity index (χ3n) is 6.86. The van der Waals surface area contributed by atoms with Gasteiger partial charge in [0.05, 0.1) is 36.3 Å². The minimum absolute atomic E-state index is 0.121. The molecule has 0 radical (unpaired) electrons. The molecule has 0 spiro atoms. The quantitative estimate of drug-likeness (QED) is 0.202. The number of hydrogen-bond acceptors (Lipinski definition) is 7. The zero-order valence-corrected chi connectivity index (χ0v) is 22.9. The summed E-state index contributed by atoms with van der Waals surface area (Å²) in [6, 6.07) is 21.4. The molecule has 9 nitrogen and oxygen atoms in total. The van der Waals surface area contributed by atoms with Crippen molar-refractivity contribution in [1.29, 1.82) is 0 Å². The van der Waals surface area contributed by atoms with Crippen LogP contribution in [-0.4, -0.2) is 37.0 Å². The average molecular weight is 571 g/mol. The van der Waals surface area contributed by atoms with E-state index in [1.54, 1.807) is 62.4 Å². The minimum atomic E-state index is -1.63. The highest BCUT2D eigenvalue weighted by Gasteiger charge is 2.61. The number of benzene rings is 3. The molecule has 3 aromatic carbocycles. The van der Waals surface area contributed by atoms with E-state index < -0.39 is 29.2 Å². The molecule has 5 rings (SSSR count). The van der Waals surface area contributed by atoms with Crippen LogP contribution >= 0.6 is 0 Å². The molecule has 42 heavy (non-hydrogen) atoms. The van der Waals surface area contributed by atoms with E-state index in [0.717, 1.165) is 0 Å². The molecule has 4 aromatic rings. The SMILES string of the molecule is CCOC(=O)c1ccc(NC(=O)C2(c3ccc(-c4ccccc4F)o3)CC(=O)N2c2ccc(C(=O)OCC)cc2)cc1. The lowest BCUT2D eigenvalue weighted by Gasteiger charge is -2.49. The summed E-state index contributed by atoms with van der Waals surface area (Å²) < 4.78 is 30.7. The number of ether oxygens (including phenoxy) is 2. The minimum Gasteiger partial charge on any atom is -0.462 e. The number of hydrogen-bond donors (Lipinski definition) is 1. The molecule has 1 aliphatic heterocycles. The topological polar surface area (TPSA) is 115 Å². The molecule has 2 amide bonds. The van der Waals surface area contributed by atoms with Crippen LogP contribution in [0, 0.1) is 5.82 Å². The van der Waals surface area contributed by atoms with E-state index in [2.05, 4.69) is 5.32 Å². The Balaban J connectivity index is 1.52. The predicted molar refractivity (Wildman–Crippen MR) is 151 cm³/mol. The summed E-state index contributed by atoms with van der Waals surface area (Å²) in [6.07, 6.45) is -0.233. The Bertz CT molecular complexity index is 1650. The molecule has 1 N–H and O–H groups in total. The molecular weight excluding hydrogens is 543 g/mol. The number of esters is 2. The van der Waals surface area contributed by atoms with Gasteiger partial charge in [0.2, 0.25) is 5.91 Å². The van der Waals surface area contributed by atoms with Crippen LogP contribution in [-0.2, 0) is 24.6 Å². The second kappa shape index (κ2) is 11.7. The second-order valence-electron chi connectivity index (χ2n) is 9.43. The summed E-state index contributed by atoms with van der Waals surface area (Å²) in [5.41, 5.74) is -0.130. The second-order valence-corrected chi connectivity index (χ2v) is 9.43. The van der Waals surface area contributed by atoms with E-state index in [4.69, 9.17) is 13.9 Å². The first kappa shape index (κ1) is 28.3. The number of nitrogens with zero attached hydrogens (tertiary/aromatic N) is 1. The predicted octanol–water partition coefficient (Wildman–Crippen LogP) is 5.71. The summed E-state index contributed by atoms with van der Waals surface area (Å²) in [6.45, 7) is 3.83. The number of furan rings is 1. The number of amides is 2. The Kier molecular flexibility index (Phi) is 7.88. The summed E-state index contributed by atoms with van der Waals surface area (Å²) in [4.78, 5) is 52.6. The fourth-order valence-electron chi connectivity index (χ4n) is 4.82. The third kappa shape index (κ3) is 5.14. The van der Waals surface area contributed by atoms with E-state index in [-0.39, 0.29) is 48.2 Å². The molecule has 1 unspecified atom stereocenters. The van der Waals surface area contributed by atoms with Crippen molar-refractivity contribution in [1.82, 2.24) is 0 Å². The fourth-order valence-corrected chi connectivity index (χ4v) is 4.82. The maximum absolute atomic E-state index is 14.5. The van der Waals surface area contributed by atoms with Gasteiger partial charge in [-0.25, -0.2) is 14.0 Å². The maximum Gasteiger partial charge on any atom is 0.338 e. The summed E-state index contributed by atoms with van der Waals surface area (Å²) in [5.74, 6) is -2.17. The van der Waals surface area contributed by atoms with Crippen LogP contribution in [0.15, 0.2) is 89.3 Å². The van der Waals surface area contributed by atoms with Crippen LogP contribution in [0.5, 0.6) is 0 Å². The van der Waals surface area contributed by atoms with Gasteiger partial charge in [-0.3, -0.25) is 14.5 Å². The molecule has 1 fully saturated rings. The molecule has 0 bridgehead atoms. The van der Waals surface area contributed by atoms with Crippen molar-refractivity contribution >= 4 is 35.1 Å².